The largest absolute Gasteiger partial charge is 2.00 e. The topological polar surface area (TPSA) is 23.8 Å². The van der Waals surface area contributed by atoms with Crippen LogP contribution in [0, 0.1) is 12.1 Å². The van der Waals surface area contributed by atoms with Gasteiger partial charge in [0.1, 0.15) is 11.5 Å². The van der Waals surface area contributed by atoms with E-state index in [0.717, 1.165) is 45.0 Å². The first-order chi connectivity index (χ1) is 23.7. The van der Waals surface area contributed by atoms with Crippen molar-refractivity contribution >= 4 is 44.9 Å². The quantitative estimate of drug-likeness (QED) is 0.129. The van der Waals surface area contributed by atoms with E-state index in [2.05, 4.69) is 161 Å². The van der Waals surface area contributed by atoms with Gasteiger partial charge in [-0.3, -0.25) is 0 Å². The van der Waals surface area contributed by atoms with Crippen molar-refractivity contribution in [2.45, 2.75) is 5.41 Å². The molecule has 0 saturated carbocycles. The standard InChI is InChI=1S/C44H28N4.Pt/c1-46-29-47(42-22-9-8-21-41(42)46)32-14-12-13-30(27-32)44(37-18-5-2-15-33(37)34-16-3-6-19-38(34)44)31-24-25-40-36(28-31)35-17-4-7-20-39(35)48(40)43-23-10-11-26-45-43;/h2-23,25-26,28H,1H3;/q;+2. The Hall–Kier alpha value is -5.66. The molecule has 1 aliphatic heterocycles. The van der Waals surface area contributed by atoms with Crippen molar-refractivity contribution in [3.63, 3.8) is 0 Å². The van der Waals surface area contributed by atoms with E-state index in [9.17, 15) is 0 Å². The molecule has 4 nitrogen and oxygen atoms in total. The second-order valence-electron chi connectivity index (χ2n) is 12.5. The van der Waals surface area contributed by atoms with Gasteiger partial charge < -0.3 is 4.57 Å². The molecule has 0 atom stereocenters. The molecule has 0 bridgehead atoms. The van der Waals surface area contributed by atoms with Gasteiger partial charge in [-0.2, -0.15) is 30.3 Å². The smallest absolute Gasteiger partial charge is 0.349 e. The summed E-state index contributed by atoms with van der Waals surface area (Å²) >= 11 is 0. The molecule has 0 fully saturated rings. The number of fused-ring (bicyclic) bond motifs is 7. The zero-order valence-corrected chi connectivity index (χ0v) is 28.8. The Balaban J connectivity index is 0.00000325. The summed E-state index contributed by atoms with van der Waals surface area (Å²) in [6.45, 7) is 0. The average molecular weight is 808 g/mol. The summed E-state index contributed by atoms with van der Waals surface area (Å²) in [5.41, 5.74) is 11.8. The molecule has 10 rings (SSSR count). The summed E-state index contributed by atoms with van der Waals surface area (Å²) in [4.78, 5) is 4.74. The maximum absolute atomic E-state index is 4.74. The molecule has 2 aromatic heterocycles. The number of para-hydroxylation sites is 3. The van der Waals surface area contributed by atoms with Gasteiger partial charge in [-0.25, -0.2) is 4.98 Å². The minimum absolute atomic E-state index is 0. The molecule has 0 unspecified atom stereocenters. The Morgan fingerprint density at radius 2 is 1.35 bits per heavy atom. The van der Waals surface area contributed by atoms with Crippen molar-refractivity contribution in [3.05, 3.63) is 186 Å². The van der Waals surface area contributed by atoms with Crippen LogP contribution in [0.4, 0.5) is 17.1 Å². The van der Waals surface area contributed by atoms with Crippen LogP contribution in [-0.2, 0) is 26.5 Å². The zero-order chi connectivity index (χ0) is 31.8. The minimum atomic E-state index is -0.656. The molecule has 0 radical (unpaired) electrons. The number of aromatic nitrogens is 2. The molecular formula is C44H28N4Pt+2. The van der Waals surface area contributed by atoms with Crippen LogP contribution in [0.15, 0.2) is 152 Å². The predicted octanol–water partition coefficient (Wildman–Crippen LogP) is 9.44. The van der Waals surface area contributed by atoms with Crippen molar-refractivity contribution in [1.29, 1.82) is 0 Å². The normalized spacial score (nSPS) is 13.7. The van der Waals surface area contributed by atoms with Gasteiger partial charge in [0.2, 0.25) is 0 Å². The molecule has 8 aromatic rings. The van der Waals surface area contributed by atoms with E-state index in [1.54, 1.807) is 0 Å². The fourth-order valence-corrected chi connectivity index (χ4v) is 8.00. The van der Waals surface area contributed by atoms with E-state index in [1.807, 2.05) is 30.0 Å². The van der Waals surface area contributed by atoms with Crippen molar-refractivity contribution < 1.29 is 25.6 Å². The average Bonchev–Trinajstić information content (AvgIpc) is 3.78. The summed E-state index contributed by atoms with van der Waals surface area (Å²) in [6, 6.07) is 63.0. The third kappa shape index (κ3) is 4.12. The molecule has 232 valence electrons. The van der Waals surface area contributed by atoms with Crippen LogP contribution in [0.2, 0.25) is 0 Å². The van der Waals surface area contributed by atoms with Gasteiger partial charge in [0.25, 0.3) is 11.4 Å². The molecular weight excluding hydrogens is 780 g/mol. The summed E-state index contributed by atoms with van der Waals surface area (Å²) in [5.74, 6) is 0.889. The zero-order valence-electron chi connectivity index (χ0n) is 26.5. The van der Waals surface area contributed by atoms with Crippen molar-refractivity contribution in [2.24, 2.45) is 0 Å². The van der Waals surface area contributed by atoms with Gasteiger partial charge in [0.05, 0.1) is 0 Å². The van der Waals surface area contributed by atoms with Crippen LogP contribution < -0.4 is 4.58 Å². The van der Waals surface area contributed by atoms with Crippen LogP contribution in [0.1, 0.15) is 22.3 Å². The predicted molar refractivity (Wildman–Crippen MR) is 192 cm³/mol. The molecule has 49 heavy (non-hydrogen) atoms. The van der Waals surface area contributed by atoms with Gasteiger partial charge in [-0.05, 0) is 45.8 Å². The Morgan fingerprint density at radius 1 is 0.653 bits per heavy atom. The number of rotatable bonds is 4. The van der Waals surface area contributed by atoms with Gasteiger partial charge in [-0.1, -0.05) is 106 Å². The third-order valence-electron chi connectivity index (χ3n) is 10.00. The summed E-state index contributed by atoms with van der Waals surface area (Å²) in [6.07, 6.45) is 1.85. The molecule has 0 saturated heterocycles. The molecule has 0 amide bonds. The van der Waals surface area contributed by atoms with E-state index < -0.39 is 5.41 Å². The monoisotopic (exact) mass is 807 g/mol. The minimum Gasteiger partial charge on any atom is -0.349 e. The van der Waals surface area contributed by atoms with Gasteiger partial charge in [0.15, 0.2) is 7.05 Å². The first-order valence-corrected chi connectivity index (χ1v) is 16.2. The van der Waals surface area contributed by atoms with Gasteiger partial charge >= 0.3 is 27.1 Å². The van der Waals surface area contributed by atoms with Gasteiger partial charge in [0, 0.05) is 29.3 Å². The molecule has 3 heterocycles. The van der Waals surface area contributed by atoms with Gasteiger partial charge in [-0.15, -0.1) is 22.6 Å². The summed E-state index contributed by atoms with van der Waals surface area (Å²) < 4.78 is 6.41. The Labute approximate surface area is 298 Å². The van der Waals surface area contributed by atoms with E-state index >= 15 is 0 Å². The maximum atomic E-state index is 4.74. The van der Waals surface area contributed by atoms with E-state index in [1.165, 1.54) is 33.0 Å². The van der Waals surface area contributed by atoms with Crippen molar-refractivity contribution in [2.75, 3.05) is 7.05 Å². The van der Waals surface area contributed by atoms with Crippen LogP contribution >= 0.6 is 0 Å². The third-order valence-corrected chi connectivity index (χ3v) is 10.00. The Morgan fingerprint density at radius 3 is 2.12 bits per heavy atom. The number of hydrogen-bond donors (Lipinski definition) is 0. The molecule has 6 aromatic carbocycles. The second kappa shape index (κ2) is 11.2. The molecule has 5 heteroatoms. The number of benzene rings is 6. The van der Waals surface area contributed by atoms with E-state index in [4.69, 9.17) is 4.98 Å². The van der Waals surface area contributed by atoms with Crippen LogP contribution in [0.25, 0.3) is 38.8 Å². The first-order valence-electron chi connectivity index (χ1n) is 16.2. The SMILES string of the molecule is C[N+]1=C=[N+](c2[c-]c(C3(c4[c-]cc5c(c4)c4ccccc4n5-c4ccccn4)c4ccccc4-c4ccccc43)ccc2)c2ccccc21.[Pt+2]. The van der Waals surface area contributed by atoms with Crippen LogP contribution in [0.3, 0.4) is 0 Å². The summed E-state index contributed by atoms with van der Waals surface area (Å²) in [7, 11) is 2.04. The second-order valence-corrected chi connectivity index (χ2v) is 12.5. The van der Waals surface area contributed by atoms with Crippen molar-refractivity contribution in [3.8, 4) is 16.9 Å². The number of pyridine rings is 1. The van der Waals surface area contributed by atoms with Crippen LogP contribution in [-0.4, -0.2) is 27.2 Å². The van der Waals surface area contributed by atoms with E-state index in [0.29, 0.717) is 0 Å². The van der Waals surface area contributed by atoms with Crippen molar-refractivity contribution in [1.82, 2.24) is 14.1 Å². The number of nitrogens with zero attached hydrogens (tertiary/aromatic N) is 4. The fourth-order valence-electron chi connectivity index (χ4n) is 8.00. The van der Waals surface area contributed by atoms with Crippen LogP contribution in [0.5, 0.6) is 0 Å². The maximum Gasteiger partial charge on any atom is 2.00 e. The molecule has 2 aliphatic rings. The number of hydrogen-bond acceptors (Lipinski definition) is 1. The molecule has 0 spiro atoms. The Kier molecular flexibility index (Phi) is 6.74. The first kappa shape index (κ1) is 29.5. The molecule has 0 N–H and O–H groups in total. The van der Waals surface area contributed by atoms with E-state index in [-0.39, 0.29) is 21.1 Å². The molecule has 1 aliphatic carbocycles. The Bertz CT molecular complexity index is 2640. The fraction of sp³-hybridized carbons (Fsp3) is 0.0455. The summed E-state index contributed by atoms with van der Waals surface area (Å²) in [5, 5.41) is 2.35.